The van der Waals surface area contributed by atoms with Crippen LogP contribution in [0.2, 0.25) is 10.0 Å². The first-order chi connectivity index (χ1) is 11.0. The monoisotopic (exact) mass is 353 g/mol. The van der Waals surface area contributed by atoms with Crippen molar-refractivity contribution in [2.75, 3.05) is 13.2 Å². The van der Waals surface area contributed by atoms with Crippen molar-refractivity contribution in [3.8, 4) is 0 Å². The molecule has 0 unspecified atom stereocenters. The highest BCUT2D eigenvalue weighted by Gasteiger charge is 2.39. The number of rotatable bonds is 4. The number of halogens is 2. The molecule has 23 heavy (non-hydrogen) atoms. The van der Waals surface area contributed by atoms with Crippen LogP contribution in [0, 0.1) is 10.1 Å². The maximum Gasteiger partial charge on any atom is 0.269 e. The quantitative estimate of drug-likeness (QED) is 0.605. The Bertz CT molecular complexity index is 727. The van der Waals surface area contributed by atoms with Gasteiger partial charge in [-0.15, -0.1) is 0 Å². The first-order valence-corrected chi connectivity index (χ1v) is 7.72. The van der Waals surface area contributed by atoms with Gasteiger partial charge in [0, 0.05) is 34.2 Å². The minimum atomic E-state index is -0.993. The molecule has 0 atom stereocenters. The first kappa shape index (κ1) is 16.2. The molecule has 1 heterocycles. The van der Waals surface area contributed by atoms with Crippen LogP contribution in [-0.2, 0) is 21.7 Å². The van der Waals surface area contributed by atoms with E-state index in [9.17, 15) is 10.1 Å². The molecule has 120 valence electrons. The number of nitro benzene ring substituents is 1. The van der Waals surface area contributed by atoms with Crippen molar-refractivity contribution in [2.24, 2.45) is 0 Å². The maximum atomic E-state index is 10.8. The van der Waals surface area contributed by atoms with Gasteiger partial charge in [-0.25, -0.2) is 0 Å². The largest absolute Gasteiger partial charge is 0.343 e. The van der Waals surface area contributed by atoms with Crippen LogP contribution in [0.1, 0.15) is 11.1 Å². The molecule has 0 aromatic heterocycles. The number of hydrogen-bond donors (Lipinski definition) is 0. The van der Waals surface area contributed by atoms with Gasteiger partial charge in [-0.2, -0.15) is 0 Å². The number of ether oxygens (including phenoxy) is 2. The molecule has 1 saturated heterocycles. The molecule has 2 aromatic carbocycles. The van der Waals surface area contributed by atoms with Gasteiger partial charge in [-0.3, -0.25) is 10.1 Å². The van der Waals surface area contributed by atoms with Crippen LogP contribution in [0.5, 0.6) is 0 Å². The summed E-state index contributed by atoms with van der Waals surface area (Å²) in [6.45, 7) is 0.893. The van der Waals surface area contributed by atoms with E-state index in [1.165, 1.54) is 12.1 Å². The zero-order valence-electron chi connectivity index (χ0n) is 12.0. The van der Waals surface area contributed by atoms with E-state index < -0.39 is 10.7 Å². The average Bonchev–Trinajstić information content (AvgIpc) is 3.00. The summed E-state index contributed by atoms with van der Waals surface area (Å²) in [6.07, 6.45) is 0.390. The van der Waals surface area contributed by atoms with Crippen LogP contribution in [0.25, 0.3) is 0 Å². The van der Waals surface area contributed by atoms with Crippen LogP contribution >= 0.6 is 23.2 Å². The van der Waals surface area contributed by atoms with Crippen LogP contribution in [0.4, 0.5) is 5.69 Å². The van der Waals surface area contributed by atoms with E-state index in [-0.39, 0.29) is 5.69 Å². The van der Waals surface area contributed by atoms with Crippen LogP contribution in [0.3, 0.4) is 0 Å². The van der Waals surface area contributed by atoms with Crippen molar-refractivity contribution >= 4 is 28.9 Å². The smallest absolute Gasteiger partial charge is 0.269 e. The van der Waals surface area contributed by atoms with Gasteiger partial charge in [0.1, 0.15) is 0 Å². The molecule has 0 bridgehead atoms. The lowest BCUT2D eigenvalue weighted by atomic mass is 9.97. The summed E-state index contributed by atoms with van der Waals surface area (Å²) in [5.74, 6) is -0.993. The normalized spacial score (nSPS) is 16.4. The SMILES string of the molecule is O=[N+]([O-])c1ccc(C2(Cc3ccc(Cl)cc3Cl)OCCO2)cc1. The summed E-state index contributed by atoms with van der Waals surface area (Å²) in [6, 6.07) is 11.4. The van der Waals surface area contributed by atoms with E-state index in [0.29, 0.717) is 35.2 Å². The fourth-order valence-corrected chi connectivity index (χ4v) is 3.05. The van der Waals surface area contributed by atoms with Crippen LogP contribution in [-0.4, -0.2) is 18.1 Å². The summed E-state index contributed by atoms with van der Waals surface area (Å²) >= 11 is 12.2. The highest BCUT2D eigenvalue weighted by molar-refractivity contribution is 6.35. The molecule has 0 N–H and O–H groups in total. The summed E-state index contributed by atoms with van der Waals surface area (Å²) in [7, 11) is 0. The van der Waals surface area contributed by atoms with Crippen LogP contribution in [0.15, 0.2) is 42.5 Å². The average molecular weight is 354 g/mol. The van der Waals surface area contributed by atoms with Gasteiger partial charge >= 0.3 is 0 Å². The van der Waals surface area contributed by atoms with Crippen molar-refractivity contribution in [3.05, 3.63) is 73.8 Å². The third-order valence-corrected chi connectivity index (χ3v) is 4.30. The second-order valence-electron chi connectivity index (χ2n) is 5.17. The van der Waals surface area contributed by atoms with Crippen LogP contribution < -0.4 is 0 Å². The van der Waals surface area contributed by atoms with Crippen molar-refractivity contribution in [1.82, 2.24) is 0 Å². The van der Waals surface area contributed by atoms with E-state index in [1.54, 1.807) is 24.3 Å². The van der Waals surface area contributed by atoms with Crippen molar-refractivity contribution in [3.63, 3.8) is 0 Å². The molecule has 2 aromatic rings. The zero-order chi connectivity index (χ0) is 16.4. The molecule has 0 amide bonds. The van der Waals surface area contributed by atoms with Gasteiger partial charge in [-0.05, 0) is 29.8 Å². The predicted octanol–water partition coefficient (Wildman–Crippen LogP) is 4.34. The molecule has 1 fully saturated rings. The van der Waals surface area contributed by atoms with Gasteiger partial charge in [0.15, 0.2) is 5.79 Å². The molecular formula is C16H13Cl2NO4. The third kappa shape index (κ3) is 3.33. The van der Waals surface area contributed by atoms with Crippen molar-refractivity contribution in [2.45, 2.75) is 12.2 Å². The molecule has 7 heteroatoms. The molecule has 5 nitrogen and oxygen atoms in total. The van der Waals surface area contributed by atoms with E-state index in [1.807, 2.05) is 6.07 Å². The molecule has 0 aliphatic carbocycles. The fraction of sp³-hybridized carbons (Fsp3) is 0.250. The molecular weight excluding hydrogens is 341 g/mol. The van der Waals surface area contributed by atoms with Gasteiger partial charge in [-0.1, -0.05) is 29.3 Å². The van der Waals surface area contributed by atoms with E-state index in [2.05, 4.69) is 0 Å². The lowest BCUT2D eigenvalue weighted by Crippen LogP contribution is -2.30. The molecule has 3 rings (SSSR count). The van der Waals surface area contributed by atoms with Gasteiger partial charge < -0.3 is 9.47 Å². The van der Waals surface area contributed by atoms with E-state index in [0.717, 1.165) is 5.56 Å². The minimum Gasteiger partial charge on any atom is -0.343 e. The second-order valence-corrected chi connectivity index (χ2v) is 6.01. The summed E-state index contributed by atoms with van der Waals surface area (Å²) in [5.41, 5.74) is 1.56. The number of non-ortho nitro benzene ring substituents is 1. The van der Waals surface area contributed by atoms with Crippen molar-refractivity contribution in [1.29, 1.82) is 0 Å². The number of benzene rings is 2. The Morgan fingerprint density at radius 2 is 1.74 bits per heavy atom. The summed E-state index contributed by atoms with van der Waals surface area (Å²) in [4.78, 5) is 10.4. The lowest BCUT2D eigenvalue weighted by Gasteiger charge is -2.28. The van der Waals surface area contributed by atoms with Crippen molar-refractivity contribution < 1.29 is 14.4 Å². The number of nitro groups is 1. The Morgan fingerprint density at radius 1 is 1.09 bits per heavy atom. The summed E-state index contributed by atoms with van der Waals surface area (Å²) in [5, 5.41) is 11.9. The number of hydrogen-bond acceptors (Lipinski definition) is 4. The van der Waals surface area contributed by atoms with E-state index in [4.69, 9.17) is 32.7 Å². The molecule has 0 saturated carbocycles. The summed E-state index contributed by atoms with van der Waals surface area (Å²) < 4.78 is 11.7. The maximum absolute atomic E-state index is 10.8. The minimum absolute atomic E-state index is 0.0198. The predicted molar refractivity (Wildman–Crippen MR) is 86.8 cm³/mol. The number of nitrogens with zero attached hydrogens (tertiary/aromatic N) is 1. The standard InChI is InChI=1S/C16H13Cl2NO4/c17-13-4-1-11(15(18)9-13)10-16(22-7-8-23-16)12-2-5-14(6-3-12)19(20)21/h1-6,9H,7-8,10H2. The highest BCUT2D eigenvalue weighted by atomic mass is 35.5. The highest BCUT2D eigenvalue weighted by Crippen LogP contribution is 2.37. The Hall–Kier alpha value is -1.66. The Kier molecular flexibility index (Phi) is 4.55. The second kappa shape index (κ2) is 6.45. The Labute approximate surface area is 142 Å². The molecule has 0 radical (unpaired) electrons. The van der Waals surface area contributed by atoms with Gasteiger partial charge in [0.2, 0.25) is 0 Å². The Morgan fingerprint density at radius 3 is 2.30 bits per heavy atom. The van der Waals surface area contributed by atoms with Gasteiger partial charge in [0.05, 0.1) is 18.1 Å². The van der Waals surface area contributed by atoms with Gasteiger partial charge in [0.25, 0.3) is 5.69 Å². The third-order valence-electron chi connectivity index (χ3n) is 3.71. The fourth-order valence-electron chi connectivity index (χ4n) is 2.58. The molecule has 1 aliphatic rings. The molecule has 1 aliphatic heterocycles. The lowest BCUT2D eigenvalue weighted by molar-refractivity contribution is -0.384. The first-order valence-electron chi connectivity index (χ1n) is 6.97. The Balaban J connectivity index is 1.94. The molecule has 0 spiro atoms. The topological polar surface area (TPSA) is 61.6 Å². The van der Waals surface area contributed by atoms with E-state index >= 15 is 0 Å². The zero-order valence-corrected chi connectivity index (χ0v) is 13.5.